The molecule has 0 aromatic heterocycles. The monoisotopic (exact) mass is 513 g/mol. The highest BCUT2D eigenvalue weighted by Gasteiger charge is 2.37. The number of rotatable bonds is 6. The molecule has 2 fully saturated rings. The molecule has 0 radical (unpaired) electrons. The van der Waals surface area contributed by atoms with Gasteiger partial charge in [-0.2, -0.15) is 0 Å². The molecule has 6 rings (SSSR count). The van der Waals surface area contributed by atoms with Gasteiger partial charge in [0.25, 0.3) is 0 Å². The van der Waals surface area contributed by atoms with E-state index in [1.165, 1.54) is 58.4 Å². The molecule has 194 valence electrons. The second kappa shape index (κ2) is 11.5. The largest absolute Gasteiger partial charge is 0.368 e. The SMILES string of the molecule is O=C(CCCN1CCN(c2cccc3ccccc23)CC1)N[C@H]1c2ccccc2SC[C@@H]2CCCC[C@H]21. The summed E-state index contributed by atoms with van der Waals surface area (Å²) >= 11 is 2.00. The Morgan fingerprint density at radius 2 is 1.68 bits per heavy atom. The predicted octanol–water partition coefficient (Wildman–Crippen LogP) is 6.51. The lowest BCUT2D eigenvalue weighted by atomic mass is 9.74. The van der Waals surface area contributed by atoms with Crippen molar-refractivity contribution in [2.45, 2.75) is 49.5 Å². The minimum absolute atomic E-state index is 0.174. The van der Waals surface area contributed by atoms with Crippen molar-refractivity contribution in [3.05, 3.63) is 72.3 Å². The number of hydrogen-bond donors (Lipinski definition) is 1. The molecule has 0 unspecified atom stereocenters. The Labute approximate surface area is 225 Å². The highest BCUT2D eigenvalue weighted by Crippen LogP contribution is 2.46. The van der Waals surface area contributed by atoms with Crippen LogP contribution in [-0.4, -0.2) is 49.3 Å². The second-order valence-corrected chi connectivity index (χ2v) is 12.1. The number of carbonyl (C=O) groups is 1. The van der Waals surface area contributed by atoms with Crippen LogP contribution in [0.3, 0.4) is 0 Å². The van der Waals surface area contributed by atoms with E-state index in [1.54, 1.807) is 0 Å². The quantitative estimate of drug-likeness (QED) is 0.407. The summed E-state index contributed by atoms with van der Waals surface area (Å²) in [6.45, 7) is 5.20. The number of thioether (sulfide) groups is 1. The van der Waals surface area contributed by atoms with Crippen LogP contribution in [0.1, 0.15) is 50.1 Å². The van der Waals surface area contributed by atoms with Crippen LogP contribution in [0.15, 0.2) is 71.6 Å². The maximum Gasteiger partial charge on any atom is 0.220 e. The minimum atomic E-state index is 0.174. The number of anilines is 1. The van der Waals surface area contributed by atoms with Gasteiger partial charge in [-0.05, 0) is 60.7 Å². The number of amides is 1. The lowest BCUT2D eigenvalue weighted by molar-refractivity contribution is -0.122. The van der Waals surface area contributed by atoms with Gasteiger partial charge in [-0.15, -0.1) is 11.8 Å². The van der Waals surface area contributed by atoms with Crippen molar-refractivity contribution in [3.8, 4) is 0 Å². The van der Waals surface area contributed by atoms with E-state index in [-0.39, 0.29) is 11.9 Å². The third-order valence-corrected chi connectivity index (χ3v) is 10.1. The summed E-state index contributed by atoms with van der Waals surface area (Å²) in [7, 11) is 0. The summed E-state index contributed by atoms with van der Waals surface area (Å²) in [5.74, 6) is 2.72. The predicted molar refractivity (Wildman–Crippen MR) is 155 cm³/mol. The van der Waals surface area contributed by atoms with E-state index in [0.29, 0.717) is 12.3 Å². The zero-order valence-corrected chi connectivity index (χ0v) is 22.6. The van der Waals surface area contributed by atoms with E-state index in [1.807, 2.05) is 11.8 Å². The topological polar surface area (TPSA) is 35.6 Å². The molecule has 1 N–H and O–H groups in total. The number of nitrogens with zero attached hydrogens (tertiary/aromatic N) is 2. The number of piperazine rings is 1. The summed E-state index contributed by atoms with van der Waals surface area (Å²) in [6.07, 6.45) is 6.73. The Balaban J connectivity index is 1.02. The average Bonchev–Trinajstić information content (AvgIpc) is 3.10. The van der Waals surface area contributed by atoms with Crippen molar-refractivity contribution in [1.82, 2.24) is 10.2 Å². The molecule has 3 aromatic rings. The number of fused-ring (bicyclic) bond motifs is 3. The smallest absolute Gasteiger partial charge is 0.220 e. The first-order valence-electron chi connectivity index (χ1n) is 14.2. The molecule has 1 saturated carbocycles. The van der Waals surface area contributed by atoms with E-state index in [2.05, 4.69) is 81.8 Å². The van der Waals surface area contributed by atoms with Crippen LogP contribution in [0.4, 0.5) is 5.69 Å². The third kappa shape index (κ3) is 5.53. The molecular weight excluding hydrogens is 474 g/mol. The molecule has 4 nitrogen and oxygen atoms in total. The van der Waals surface area contributed by atoms with Gasteiger partial charge in [0.2, 0.25) is 5.91 Å². The van der Waals surface area contributed by atoms with E-state index < -0.39 is 0 Å². The van der Waals surface area contributed by atoms with Crippen molar-refractivity contribution in [3.63, 3.8) is 0 Å². The Morgan fingerprint density at radius 3 is 2.59 bits per heavy atom. The van der Waals surface area contributed by atoms with Gasteiger partial charge < -0.3 is 10.2 Å². The molecule has 0 spiro atoms. The lowest BCUT2D eigenvalue weighted by Gasteiger charge is -2.37. The molecular formula is C32H39N3OS. The average molecular weight is 514 g/mol. The van der Waals surface area contributed by atoms with Gasteiger partial charge in [-0.1, -0.05) is 67.4 Å². The Kier molecular flexibility index (Phi) is 7.70. The van der Waals surface area contributed by atoms with Crippen LogP contribution in [0, 0.1) is 11.8 Å². The van der Waals surface area contributed by atoms with Crippen molar-refractivity contribution >= 4 is 34.1 Å². The first-order valence-corrected chi connectivity index (χ1v) is 15.2. The molecule has 1 aliphatic carbocycles. The minimum Gasteiger partial charge on any atom is -0.368 e. The summed E-state index contributed by atoms with van der Waals surface area (Å²) in [5.41, 5.74) is 2.69. The summed E-state index contributed by atoms with van der Waals surface area (Å²) in [4.78, 5) is 19.6. The standard InChI is InChI=1S/C32H39N3OS/c36-31(33-32-27-13-4-2-10-25(27)23-37-30-16-6-5-14-28(30)32)17-8-18-34-19-21-35(22-20-34)29-15-7-11-24-9-1-3-12-26(24)29/h1,3,5-7,9,11-12,14-16,25,27,32H,2,4,8,10,13,17-23H2,(H,33,36)/t25-,27+,32+/m0/s1. The van der Waals surface area contributed by atoms with E-state index in [0.717, 1.165) is 45.1 Å². The van der Waals surface area contributed by atoms with Crippen LogP contribution >= 0.6 is 11.8 Å². The van der Waals surface area contributed by atoms with Crippen molar-refractivity contribution in [2.24, 2.45) is 11.8 Å². The zero-order valence-electron chi connectivity index (χ0n) is 21.8. The van der Waals surface area contributed by atoms with Crippen molar-refractivity contribution in [1.29, 1.82) is 0 Å². The molecule has 1 saturated heterocycles. The molecule has 37 heavy (non-hydrogen) atoms. The highest BCUT2D eigenvalue weighted by molar-refractivity contribution is 7.99. The van der Waals surface area contributed by atoms with Crippen LogP contribution in [0.5, 0.6) is 0 Å². The normalized spacial score (nSPS) is 24.2. The third-order valence-electron chi connectivity index (χ3n) is 8.78. The molecule has 2 aliphatic heterocycles. The van der Waals surface area contributed by atoms with Gasteiger partial charge in [-0.25, -0.2) is 0 Å². The van der Waals surface area contributed by atoms with Gasteiger partial charge in [0.15, 0.2) is 0 Å². The molecule has 3 aliphatic rings. The first-order chi connectivity index (χ1) is 18.3. The Morgan fingerprint density at radius 1 is 0.892 bits per heavy atom. The summed E-state index contributed by atoms with van der Waals surface area (Å²) in [5, 5.41) is 6.17. The maximum atomic E-state index is 13.2. The van der Waals surface area contributed by atoms with Crippen LogP contribution in [-0.2, 0) is 4.79 Å². The second-order valence-electron chi connectivity index (χ2n) is 11.0. The van der Waals surface area contributed by atoms with Crippen LogP contribution in [0.2, 0.25) is 0 Å². The van der Waals surface area contributed by atoms with Gasteiger partial charge in [0.1, 0.15) is 0 Å². The number of hydrogen-bond acceptors (Lipinski definition) is 4. The summed E-state index contributed by atoms with van der Waals surface area (Å²) < 4.78 is 0. The van der Waals surface area contributed by atoms with Crippen molar-refractivity contribution in [2.75, 3.05) is 43.4 Å². The van der Waals surface area contributed by atoms with Gasteiger partial charge in [0.05, 0.1) is 6.04 Å². The lowest BCUT2D eigenvalue weighted by Crippen LogP contribution is -2.46. The molecule has 3 aromatic carbocycles. The highest BCUT2D eigenvalue weighted by atomic mass is 32.2. The Hall–Kier alpha value is -2.50. The number of benzene rings is 3. The molecule has 5 heteroatoms. The van der Waals surface area contributed by atoms with Crippen molar-refractivity contribution < 1.29 is 4.79 Å². The fraction of sp³-hybridized carbons (Fsp3) is 0.469. The summed E-state index contributed by atoms with van der Waals surface area (Å²) in [6, 6.07) is 24.2. The first kappa shape index (κ1) is 24.8. The molecule has 3 atom stereocenters. The number of carbonyl (C=O) groups excluding carboxylic acids is 1. The van der Waals surface area contributed by atoms with Crippen LogP contribution < -0.4 is 10.2 Å². The zero-order chi connectivity index (χ0) is 25.0. The number of nitrogens with one attached hydrogen (secondary N) is 1. The molecule has 0 bridgehead atoms. The van der Waals surface area contributed by atoms with Gasteiger partial charge >= 0.3 is 0 Å². The molecule has 1 amide bonds. The molecule has 2 heterocycles. The van der Waals surface area contributed by atoms with E-state index in [9.17, 15) is 4.79 Å². The fourth-order valence-corrected chi connectivity index (χ4v) is 8.11. The van der Waals surface area contributed by atoms with E-state index >= 15 is 0 Å². The maximum absolute atomic E-state index is 13.2. The van der Waals surface area contributed by atoms with Gasteiger partial charge in [0, 0.05) is 54.3 Å². The fourth-order valence-electron chi connectivity index (χ4n) is 6.77. The Bertz CT molecular complexity index is 1220. The van der Waals surface area contributed by atoms with Gasteiger partial charge in [-0.3, -0.25) is 9.69 Å². The van der Waals surface area contributed by atoms with E-state index in [4.69, 9.17) is 0 Å². The van der Waals surface area contributed by atoms with Crippen LogP contribution in [0.25, 0.3) is 10.8 Å².